The number of nitrogens with one attached hydrogen (secondary N) is 1. The molecule has 1 aliphatic heterocycles. The molecule has 2 aromatic rings. The van der Waals surface area contributed by atoms with Crippen LogP contribution >= 0.6 is 11.6 Å². The Hall–Kier alpha value is -2.30. The van der Waals surface area contributed by atoms with Gasteiger partial charge in [-0.15, -0.1) is 0 Å². The third kappa shape index (κ3) is 6.14. The quantitative estimate of drug-likeness (QED) is 0.622. The molecule has 1 aliphatic rings. The predicted molar refractivity (Wildman–Crippen MR) is 114 cm³/mol. The van der Waals surface area contributed by atoms with Crippen molar-refractivity contribution in [3.8, 4) is 5.75 Å². The third-order valence-corrected chi connectivity index (χ3v) is 7.11. The van der Waals surface area contributed by atoms with E-state index in [0.717, 1.165) is 37.8 Å². The van der Waals surface area contributed by atoms with Crippen molar-refractivity contribution in [1.82, 2.24) is 4.31 Å². The second-order valence-corrected chi connectivity index (χ2v) is 9.69. The van der Waals surface area contributed by atoms with Crippen LogP contribution in [0, 0.1) is 0 Å². The zero-order valence-corrected chi connectivity index (χ0v) is 18.6. The minimum atomic E-state index is -4.69. The summed E-state index contributed by atoms with van der Waals surface area (Å²) >= 11 is 5.62. The molecule has 0 bridgehead atoms. The first kappa shape index (κ1) is 24.3. The summed E-state index contributed by atoms with van der Waals surface area (Å²) in [5.74, 6) is -0.596. The first-order valence-corrected chi connectivity index (χ1v) is 11.8. The maximum absolute atomic E-state index is 13.1. The maximum Gasteiger partial charge on any atom is 0.418 e. The molecule has 0 unspecified atom stereocenters. The number of anilines is 1. The van der Waals surface area contributed by atoms with Gasteiger partial charge in [0.15, 0.2) is 6.61 Å². The van der Waals surface area contributed by atoms with E-state index in [-0.39, 0.29) is 15.7 Å². The number of carbonyl (C=O) groups excluding carboxylic acids is 1. The summed E-state index contributed by atoms with van der Waals surface area (Å²) in [5.41, 5.74) is -1.50. The molecule has 11 heteroatoms. The molecule has 0 saturated carbocycles. The second-order valence-electron chi connectivity index (χ2n) is 7.31. The van der Waals surface area contributed by atoms with Gasteiger partial charge in [-0.25, -0.2) is 8.42 Å². The van der Waals surface area contributed by atoms with E-state index in [9.17, 15) is 26.4 Å². The lowest BCUT2D eigenvalue weighted by molar-refractivity contribution is -0.137. The third-order valence-electron chi connectivity index (χ3n) is 4.96. The predicted octanol–water partition coefficient (Wildman–Crippen LogP) is 4.94. The van der Waals surface area contributed by atoms with Gasteiger partial charge in [-0.3, -0.25) is 4.79 Å². The fourth-order valence-electron chi connectivity index (χ4n) is 3.33. The van der Waals surface area contributed by atoms with E-state index in [1.54, 1.807) is 0 Å². The highest BCUT2D eigenvalue weighted by Gasteiger charge is 2.34. The zero-order chi connectivity index (χ0) is 23.4. The molecule has 1 fully saturated rings. The van der Waals surface area contributed by atoms with Crippen molar-refractivity contribution >= 4 is 33.2 Å². The average molecular weight is 491 g/mol. The molecule has 0 atom stereocenters. The van der Waals surface area contributed by atoms with Gasteiger partial charge >= 0.3 is 6.18 Å². The first-order valence-electron chi connectivity index (χ1n) is 9.97. The molecule has 0 spiro atoms. The molecule has 1 N–H and O–H groups in total. The zero-order valence-electron chi connectivity index (χ0n) is 17.0. The van der Waals surface area contributed by atoms with E-state index in [2.05, 4.69) is 5.32 Å². The number of carbonyl (C=O) groups is 1. The molecule has 1 amide bonds. The molecule has 0 aliphatic carbocycles. The lowest BCUT2D eigenvalue weighted by atomic mass is 10.1. The second kappa shape index (κ2) is 10.1. The summed E-state index contributed by atoms with van der Waals surface area (Å²) < 4.78 is 71.7. The van der Waals surface area contributed by atoms with Gasteiger partial charge in [-0.2, -0.15) is 17.5 Å². The molecule has 6 nitrogen and oxygen atoms in total. The highest BCUT2D eigenvalue weighted by atomic mass is 35.5. The number of sulfonamides is 1. The largest absolute Gasteiger partial charge is 0.484 e. The van der Waals surface area contributed by atoms with E-state index >= 15 is 0 Å². The number of rotatable bonds is 6. The average Bonchev–Trinajstić information content (AvgIpc) is 3.03. The van der Waals surface area contributed by atoms with Gasteiger partial charge in [0, 0.05) is 18.1 Å². The summed E-state index contributed by atoms with van der Waals surface area (Å²) in [6.45, 7) is 0.398. The highest BCUT2D eigenvalue weighted by molar-refractivity contribution is 7.89. The number of nitrogens with zero attached hydrogens (tertiary/aromatic N) is 1. The number of amides is 1. The molecular formula is C21H22ClF3N2O4S. The molecule has 174 valence electrons. The Morgan fingerprint density at radius 1 is 1.03 bits per heavy atom. The van der Waals surface area contributed by atoms with Gasteiger partial charge in [-0.1, -0.05) is 24.4 Å². The van der Waals surface area contributed by atoms with E-state index in [4.69, 9.17) is 16.3 Å². The standard InChI is InChI=1S/C21H22ClF3N2O4S/c22-15-5-10-19(18(13-15)21(23,24)25)26-20(28)14-31-16-6-8-17(9-7-16)32(29,30)27-11-3-1-2-4-12-27/h5-10,13H,1-4,11-12,14H2,(H,26,28). The minimum absolute atomic E-state index is 0.109. The van der Waals surface area contributed by atoms with Crippen LogP contribution in [-0.2, 0) is 21.0 Å². The van der Waals surface area contributed by atoms with Crippen molar-refractivity contribution in [2.45, 2.75) is 36.8 Å². The fourth-order valence-corrected chi connectivity index (χ4v) is 5.02. The maximum atomic E-state index is 13.1. The van der Waals surface area contributed by atoms with Gasteiger partial charge in [-0.05, 0) is 55.3 Å². The van der Waals surface area contributed by atoms with Gasteiger partial charge in [0.25, 0.3) is 5.91 Å². The molecule has 1 heterocycles. The normalized spacial score (nSPS) is 15.8. The Labute approximate surface area is 189 Å². The van der Waals surface area contributed by atoms with E-state index in [1.165, 1.54) is 34.6 Å². The molecule has 0 aromatic heterocycles. The molecule has 3 rings (SSSR count). The van der Waals surface area contributed by atoms with Crippen LogP contribution in [0.15, 0.2) is 47.4 Å². The molecule has 32 heavy (non-hydrogen) atoms. The lowest BCUT2D eigenvalue weighted by Crippen LogP contribution is -2.31. The molecule has 2 aromatic carbocycles. The summed E-state index contributed by atoms with van der Waals surface area (Å²) in [4.78, 5) is 12.2. The van der Waals surface area contributed by atoms with E-state index in [0.29, 0.717) is 13.1 Å². The van der Waals surface area contributed by atoms with E-state index in [1.807, 2.05) is 0 Å². The van der Waals surface area contributed by atoms with Crippen molar-refractivity contribution < 1.29 is 31.1 Å². The molecule has 1 saturated heterocycles. The Kier molecular flexibility index (Phi) is 7.68. The SMILES string of the molecule is O=C(COc1ccc(S(=O)(=O)N2CCCCCC2)cc1)Nc1ccc(Cl)cc1C(F)(F)F. The fraction of sp³-hybridized carbons (Fsp3) is 0.381. The Morgan fingerprint density at radius 3 is 2.25 bits per heavy atom. The van der Waals surface area contributed by atoms with Crippen molar-refractivity contribution in [1.29, 1.82) is 0 Å². The number of alkyl halides is 3. The van der Waals surface area contributed by atoms with Crippen LogP contribution in [0.3, 0.4) is 0 Å². The summed E-state index contributed by atoms with van der Waals surface area (Å²) in [5, 5.41) is 2.04. The Morgan fingerprint density at radius 2 is 1.66 bits per heavy atom. The van der Waals surface area contributed by atoms with Crippen LogP contribution < -0.4 is 10.1 Å². The highest BCUT2D eigenvalue weighted by Crippen LogP contribution is 2.36. The smallest absolute Gasteiger partial charge is 0.418 e. The summed E-state index contributed by atoms with van der Waals surface area (Å²) in [6, 6.07) is 8.59. The summed E-state index contributed by atoms with van der Waals surface area (Å²) in [7, 11) is -3.62. The summed E-state index contributed by atoms with van der Waals surface area (Å²) in [6.07, 6.45) is -1.05. The lowest BCUT2D eigenvalue weighted by Gasteiger charge is -2.20. The van der Waals surface area contributed by atoms with Crippen LogP contribution in [-0.4, -0.2) is 38.3 Å². The van der Waals surface area contributed by atoms with Crippen molar-refractivity contribution in [2.75, 3.05) is 25.0 Å². The van der Waals surface area contributed by atoms with Crippen LogP contribution in [0.1, 0.15) is 31.2 Å². The van der Waals surface area contributed by atoms with E-state index < -0.39 is 40.0 Å². The number of hydrogen-bond donors (Lipinski definition) is 1. The van der Waals surface area contributed by atoms with Gasteiger partial charge in [0.1, 0.15) is 5.75 Å². The van der Waals surface area contributed by atoms with Gasteiger partial charge < -0.3 is 10.1 Å². The number of halogens is 4. The monoisotopic (exact) mass is 490 g/mol. The Bertz CT molecular complexity index is 1050. The number of hydrogen-bond acceptors (Lipinski definition) is 4. The topological polar surface area (TPSA) is 75.7 Å². The number of benzene rings is 2. The van der Waals surface area contributed by atoms with Gasteiger partial charge in [0.05, 0.1) is 16.1 Å². The van der Waals surface area contributed by atoms with Crippen LogP contribution in [0.5, 0.6) is 5.75 Å². The minimum Gasteiger partial charge on any atom is -0.484 e. The van der Waals surface area contributed by atoms with Crippen molar-refractivity contribution in [2.24, 2.45) is 0 Å². The Balaban J connectivity index is 1.62. The van der Waals surface area contributed by atoms with Gasteiger partial charge in [0.2, 0.25) is 10.0 Å². The molecule has 0 radical (unpaired) electrons. The molecular weight excluding hydrogens is 469 g/mol. The number of ether oxygens (including phenoxy) is 1. The van der Waals surface area contributed by atoms with Crippen molar-refractivity contribution in [3.05, 3.63) is 53.1 Å². The van der Waals surface area contributed by atoms with Crippen LogP contribution in [0.25, 0.3) is 0 Å². The van der Waals surface area contributed by atoms with Crippen molar-refractivity contribution in [3.63, 3.8) is 0 Å². The first-order chi connectivity index (χ1) is 15.1. The van der Waals surface area contributed by atoms with Crippen LogP contribution in [0.2, 0.25) is 5.02 Å². The van der Waals surface area contributed by atoms with Crippen LogP contribution in [0.4, 0.5) is 18.9 Å².